The van der Waals surface area contributed by atoms with Crippen molar-refractivity contribution in [3.05, 3.63) is 79.5 Å². The maximum Gasteiger partial charge on any atom is 2.00 e. The van der Waals surface area contributed by atoms with Crippen molar-refractivity contribution in [3.8, 4) is 51.3 Å². The van der Waals surface area contributed by atoms with E-state index in [-0.39, 0.29) is 172 Å². The SMILES string of the molecule is CC(C)COc1c(Cl)c(Cl)c2c(c1Cl)-c1nc-2nc2[n-]c(nc3nc(nc4[n-]c(n1)c1c(Cl)c(Cl)c(Cl)c(Cl)c41)-c1c(Cl)c(Cl)c(Cl)c(Cl)c1-3)c1ccccc21.[Zn+2]. The Morgan fingerprint density at radius 3 is 1.23 bits per heavy atom. The standard InChI is InChI=1S/C36H13Cl11N8O.Zn/c1-8(2)7-56-28-22(42)16-15(21(41)27(28)47)32-50-30-10-6-4-3-5-9(10)29(48-30)49-31-11-12(18(38)24(44)23(43)17(11)37)33(51-31)53-34-13-14(35(54-34)55-36(16)52-32)20(40)26(46)25(45)19(13)39;/h3-6,8H,7H2,1-2H3;/q-2;+2. The summed E-state index contributed by atoms with van der Waals surface area (Å²) in [6.07, 6.45) is 0. The normalized spacial score (nSPS) is 12.0. The Labute approximate surface area is 389 Å². The van der Waals surface area contributed by atoms with Crippen LogP contribution < -0.4 is 14.7 Å². The van der Waals surface area contributed by atoms with Gasteiger partial charge >= 0.3 is 19.5 Å². The molecule has 0 fully saturated rings. The second-order valence-corrected chi connectivity index (χ2v) is 16.9. The van der Waals surface area contributed by atoms with E-state index in [0.717, 1.165) is 0 Å². The number of ether oxygens (including phenoxy) is 1. The maximum atomic E-state index is 7.11. The van der Waals surface area contributed by atoms with Gasteiger partial charge in [0.05, 0.1) is 80.1 Å². The number of aromatic nitrogens is 8. The molecule has 0 unspecified atom stereocenters. The van der Waals surface area contributed by atoms with E-state index in [1.807, 2.05) is 38.1 Å². The molecule has 0 N–H and O–H groups in total. The van der Waals surface area contributed by atoms with Crippen LogP contribution in [-0.2, 0) is 19.5 Å². The molecule has 57 heavy (non-hydrogen) atoms. The third-order valence-electron chi connectivity index (χ3n) is 8.82. The zero-order valence-electron chi connectivity index (χ0n) is 28.4. The first-order valence-corrected chi connectivity index (χ1v) is 20.2. The van der Waals surface area contributed by atoms with E-state index < -0.39 is 0 Å². The molecule has 2 aliphatic heterocycles. The van der Waals surface area contributed by atoms with Crippen molar-refractivity contribution in [3.63, 3.8) is 0 Å². The minimum Gasteiger partial charge on any atom is -0.490 e. The number of hydrogen-bond acceptors (Lipinski definition) is 7. The van der Waals surface area contributed by atoms with Gasteiger partial charge in [0.25, 0.3) is 0 Å². The topological polar surface area (TPSA) is 115 Å². The molecule has 4 aromatic carbocycles. The van der Waals surface area contributed by atoms with E-state index in [9.17, 15) is 0 Å². The summed E-state index contributed by atoms with van der Waals surface area (Å²) in [6.45, 7) is 4.22. The molecular formula is C36H13Cl11N8OZn. The van der Waals surface area contributed by atoms with Gasteiger partial charge in [0, 0.05) is 55.6 Å². The molecule has 0 aliphatic carbocycles. The fourth-order valence-electron chi connectivity index (χ4n) is 6.33. The third-order valence-corrected chi connectivity index (χ3v) is 13.6. The molecule has 2 aliphatic rings. The average molecular weight is 1030 g/mol. The Bertz CT molecular complexity index is 3120. The molecule has 5 heterocycles. The molecule has 9 nitrogen and oxygen atoms in total. The van der Waals surface area contributed by atoms with Crippen LogP contribution in [0.4, 0.5) is 0 Å². The van der Waals surface area contributed by atoms with Crippen LogP contribution in [-0.4, -0.2) is 36.5 Å². The molecule has 0 amide bonds. The summed E-state index contributed by atoms with van der Waals surface area (Å²) >= 11 is 74.7. The van der Waals surface area contributed by atoms with Crippen LogP contribution in [0.5, 0.6) is 5.75 Å². The van der Waals surface area contributed by atoms with Gasteiger partial charge in [-0.05, 0) is 16.7 Å². The van der Waals surface area contributed by atoms with Crippen LogP contribution in [0.3, 0.4) is 0 Å². The van der Waals surface area contributed by atoms with E-state index in [0.29, 0.717) is 10.8 Å². The van der Waals surface area contributed by atoms with Gasteiger partial charge in [0.2, 0.25) is 0 Å². The summed E-state index contributed by atoms with van der Waals surface area (Å²) in [7, 11) is 0. The molecule has 0 atom stereocenters. The number of benzene rings is 4. The molecule has 0 saturated heterocycles. The first-order chi connectivity index (χ1) is 26.7. The van der Waals surface area contributed by atoms with Crippen molar-refractivity contribution < 1.29 is 24.2 Å². The molecule has 3 aromatic heterocycles. The summed E-state index contributed by atoms with van der Waals surface area (Å²) < 4.78 is 6.07. The van der Waals surface area contributed by atoms with Gasteiger partial charge in [-0.3, -0.25) is 0 Å². The second kappa shape index (κ2) is 15.4. The zero-order valence-corrected chi connectivity index (χ0v) is 39.7. The quantitative estimate of drug-likeness (QED) is 0.0969. The molecule has 0 spiro atoms. The predicted molar refractivity (Wildman–Crippen MR) is 229 cm³/mol. The number of fused-ring (bicyclic) bond motifs is 20. The molecule has 8 bridgehead atoms. The first-order valence-electron chi connectivity index (χ1n) is 16.0. The fraction of sp³-hybridized carbons (Fsp3) is 0.111. The molecule has 282 valence electrons. The van der Waals surface area contributed by atoms with Gasteiger partial charge in [0.1, 0.15) is 5.02 Å². The third kappa shape index (κ3) is 6.45. The van der Waals surface area contributed by atoms with Crippen molar-refractivity contribution >= 4 is 172 Å². The summed E-state index contributed by atoms with van der Waals surface area (Å²) in [5, 5.41) is 1.57. The first kappa shape index (κ1) is 41.6. The van der Waals surface area contributed by atoms with Crippen LogP contribution in [0.15, 0.2) is 24.3 Å². The Balaban J connectivity index is 0.00000455. The Kier molecular flexibility index (Phi) is 11.2. The summed E-state index contributed by atoms with van der Waals surface area (Å²) in [6, 6.07) is 7.30. The van der Waals surface area contributed by atoms with Gasteiger partial charge in [-0.15, -0.1) is 0 Å². The van der Waals surface area contributed by atoms with Crippen LogP contribution in [0.2, 0.25) is 55.2 Å². The minimum absolute atomic E-state index is 0. The van der Waals surface area contributed by atoms with E-state index in [1.165, 1.54) is 0 Å². The molecule has 0 saturated carbocycles. The maximum absolute atomic E-state index is 7.11. The monoisotopic (exact) mass is 1020 g/mol. The zero-order chi connectivity index (χ0) is 39.6. The molecule has 7 aromatic rings. The second-order valence-electron chi connectivity index (χ2n) is 12.8. The molecule has 0 radical (unpaired) electrons. The minimum atomic E-state index is -0.0573. The van der Waals surface area contributed by atoms with E-state index in [2.05, 4.69) is 0 Å². The van der Waals surface area contributed by atoms with Crippen LogP contribution in [0.25, 0.3) is 89.7 Å². The van der Waals surface area contributed by atoms with Gasteiger partial charge in [-0.25, -0.2) is 9.97 Å². The van der Waals surface area contributed by atoms with E-state index in [4.69, 9.17) is 172 Å². The molecular weight excluding hydrogens is 1020 g/mol. The van der Waals surface area contributed by atoms with Crippen molar-refractivity contribution in [2.75, 3.05) is 6.61 Å². The van der Waals surface area contributed by atoms with Crippen molar-refractivity contribution in [1.82, 2.24) is 39.9 Å². The van der Waals surface area contributed by atoms with Crippen LogP contribution in [0.1, 0.15) is 13.8 Å². The largest absolute Gasteiger partial charge is 2.00 e. The summed E-state index contributed by atoms with van der Waals surface area (Å²) in [5.41, 5.74) is 1.35. The Morgan fingerprint density at radius 1 is 0.456 bits per heavy atom. The van der Waals surface area contributed by atoms with Gasteiger partial charge in [-0.1, -0.05) is 166 Å². The Hall–Kier alpha value is -2.15. The van der Waals surface area contributed by atoms with E-state index in [1.54, 1.807) is 0 Å². The smallest absolute Gasteiger partial charge is 0.490 e. The fourth-order valence-corrected chi connectivity index (χ4v) is 9.25. The van der Waals surface area contributed by atoms with Gasteiger partial charge < -0.3 is 34.6 Å². The average Bonchev–Trinajstić information content (AvgIpc) is 3.91. The summed E-state index contributed by atoms with van der Waals surface area (Å²) in [5.74, 6) is 0.404. The van der Waals surface area contributed by atoms with Crippen molar-refractivity contribution in [2.45, 2.75) is 13.8 Å². The van der Waals surface area contributed by atoms with E-state index >= 15 is 0 Å². The summed E-state index contributed by atoms with van der Waals surface area (Å²) in [4.78, 5) is 38.6. The van der Waals surface area contributed by atoms with Crippen molar-refractivity contribution in [2.24, 2.45) is 5.92 Å². The molecule has 21 heteroatoms. The number of nitrogens with zero attached hydrogens (tertiary/aromatic N) is 8. The Morgan fingerprint density at radius 2 is 0.807 bits per heavy atom. The number of halogens is 11. The van der Waals surface area contributed by atoms with Gasteiger partial charge in [0.15, 0.2) is 5.75 Å². The number of hydrogen-bond donors (Lipinski definition) is 0. The predicted octanol–water partition coefficient (Wildman–Crippen LogP) is 14.3. The number of rotatable bonds is 3. The van der Waals surface area contributed by atoms with Crippen LogP contribution in [0, 0.1) is 5.92 Å². The molecule has 9 rings (SSSR count). The van der Waals surface area contributed by atoms with Crippen molar-refractivity contribution in [1.29, 1.82) is 0 Å². The van der Waals surface area contributed by atoms with Gasteiger partial charge in [-0.2, -0.15) is 0 Å². The van der Waals surface area contributed by atoms with Crippen LogP contribution >= 0.6 is 128 Å².